The standard InChI is InChI=1S/C16H17BrN2O/c1-2-6-11-7-3-4-10-14(11)19-16(20)12-8-5-9-13(18)15(12)17/h3-5,7-10H,2,6,18H2,1H3,(H,19,20). The van der Waals surface area contributed by atoms with E-state index in [0.717, 1.165) is 24.1 Å². The summed E-state index contributed by atoms with van der Waals surface area (Å²) in [4.78, 5) is 12.3. The van der Waals surface area contributed by atoms with Crippen molar-refractivity contribution >= 4 is 33.2 Å². The lowest BCUT2D eigenvalue weighted by atomic mass is 10.1. The van der Waals surface area contributed by atoms with Crippen LogP contribution in [0.4, 0.5) is 11.4 Å². The van der Waals surface area contributed by atoms with Crippen LogP contribution in [0.2, 0.25) is 0 Å². The van der Waals surface area contributed by atoms with Gasteiger partial charge in [0.25, 0.3) is 5.91 Å². The van der Waals surface area contributed by atoms with E-state index < -0.39 is 0 Å². The normalized spacial score (nSPS) is 10.3. The Labute approximate surface area is 127 Å². The van der Waals surface area contributed by atoms with Gasteiger partial charge >= 0.3 is 0 Å². The van der Waals surface area contributed by atoms with E-state index in [2.05, 4.69) is 28.2 Å². The van der Waals surface area contributed by atoms with Gasteiger partial charge in [-0.3, -0.25) is 4.79 Å². The summed E-state index contributed by atoms with van der Waals surface area (Å²) in [5.74, 6) is -0.160. The van der Waals surface area contributed by atoms with Gasteiger partial charge in [-0.25, -0.2) is 0 Å². The molecule has 104 valence electrons. The molecule has 0 bridgehead atoms. The molecule has 2 aromatic carbocycles. The lowest BCUT2D eigenvalue weighted by Gasteiger charge is -2.12. The summed E-state index contributed by atoms with van der Waals surface area (Å²) in [6.07, 6.45) is 1.98. The number of aryl methyl sites for hydroxylation is 1. The first-order valence-corrected chi connectivity index (χ1v) is 7.36. The van der Waals surface area contributed by atoms with Crippen LogP contribution in [0.5, 0.6) is 0 Å². The Kier molecular flexibility index (Phi) is 4.79. The van der Waals surface area contributed by atoms with Crippen molar-refractivity contribution in [1.82, 2.24) is 0 Å². The first-order valence-electron chi connectivity index (χ1n) is 6.56. The number of para-hydroxylation sites is 1. The van der Waals surface area contributed by atoms with E-state index in [1.807, 2.05) is 24.3 Å². The SMILES string of the molecule is CCCc1ccccc1NC(=O)c1cccc(N)c1Br. The second kappa shape index (κ2) is 6.57. The highest BCUT2D eigenvalue weighted by molar-refractivity contribution is 9.10. The molecular weight excluding hydrogens is 316 g/mol. The number of benzene rings is 2. The van der Waals surface area contributed by atoms with Crippen LogP contribution in [0.15, 0.2) is 46.9 Å². The Bertz CT molecular complexity index is 626. The van der Waals surface area contributed by atoms with Crippen LogP contribution in [0, 0.1) is 0 Å². The number of nitrogen functional groups attached to an aromatic ring is 1. The summed E-state index contributed by atoms with van der Waals surface area (Å²) in [5, 5.41) is 2.96. The fraction of sp³-hybridized carbons (Fsp3) is 0.188. The average molecular weight is 333 g/mol. The maximum Gasteiger partial charge on any atom is 0.256 e. The molecular formula is C16H17BrN2O. The number of halogens is 1. The minimum Gasteiger partial charge on any atom is -0.398 e. The van der Waals surface area contributed by atoms with Gasteiger partial charge in [-0.15, -0.1) is 0 Å². The zero-order valence-corrected chi connectivity index (χ0v) is 12.9. The van der Waals surface area contributed by atoms with Gasteiger partial charge < -0.3 is 11.1 Å². The van der Waals surface area contributed by atoms with Crippen molar-refractivity contribution in [2.24, 2.45) is 0 Å². The van der Waals surface area contributed by atoms with Crippen molar-refractivity contribution in [3.8, 4) is 0 Å². The summed E-state index contributed by atoms with van der Waals surface area (Å²) in [6, 6.07) is 13.1. The number of rotatable bonds is 4. The Morgan fingerprint density at radius 1 is 1.20 bits per heavy atom. The molecule has 0 aliphatic carbocycles. The number of hydrogen-bond donors (Lipinski definition) is 2. The predicted octanol–water partition coefficient (Wildman–Crippen LogP) is 4.24. The van der Waals surface area contributed by atoms with Crippen LogP contribution in [0.25, 0.3) is 0 Å². The lowest BCUT2D eigenvalue weighted by Crippen LogP contribution is -2.14. The Morgan fingerprint density at radius 2 is 1.95 bits per heavy atom. The van der Waals surface area contributed by atoms with Gasteiger partial charge in [0, 0.05) is 11.4 Å². The Morgan fingerprint density at radius 3 is 2.70 bits per heavy atom. The van der Waals surface area contributed by atoms with Gasteiger partial charge in [0.2, 0.25) is 0 Å². The molecule has 0 aliphatic rings. The molecule has 3 N–H and O–H groups in total. The van der Waals surface area contributed by atoms with Gasteiger partial charge in [0.05, 0.1) is 10.0 Å². The molecule has 0 aromatic heterocycles. The zero-order valence-electron chi connectivity index (χ0n) is 11.3. The lowest BCUT2D eigenvalue weighted by molar-refractivity contribution is 0.102. The number of anilines is 2. The average Bonchev–Trinajstić information content (AvgIpc) is 2.44. The Hall–Kier alpha value is -1.81. The van der Waals surface area contributed by atoms with Crippen molar-refractivity contribution in [3.63, 3.8) is 0 Å². The van der Waals surface area contributed by atoms with Crippen LogP contribution in [-0.2, 0) is 6.42 Å². The molecule has 20 heavy (non-hydrogen) atoms. The van der Waals surface area contributed by atoms with Crippen molar-refractivity contribution in [3.05, 3.63) is 58.1 Å². The van der Waals surface area contributed by atoms with E-state index in [0.29, 0.717) is 15.7 Å². The molecule has 0 aliphatic heterocycles. The van der Waals surface area contributed by atoms with Crippen LogP contribution in [0.3, 0.4) is 0 Å². The van der Waals surface area contributed by atoms with Crippen LogP contribution >= 0.6 is 15.9 Å². The Balaban J connectivity index is 2.26. The molecule has 2 rings (SSSR count). The molecule has 0 saturated carbocycles. The third kappa shape index (κ3) is 3.20. The molecule has 0 unspecified atom stereocenters. The molecule has 0 heterocycles. The van der Waals surface area contributed by atoms with Gasteiger partial charge in [-0.2, -0.15) is 0 Å². The number of nitrogens with one attached hydrogen (secondary N) is 1. The second-order valence-electron chi connectivity index (χ2n) is 4.57. The van der Waals surface area contributed by atoms with Crippen molar-refractivity contribution in [2.45, 2.75) is 19.8 Å². The molecule has 0 radical (unpaired) electrons. The smallest absolute Gasteiger partial charge is 0.256 e. The second-order valence-corrected chi connectivity index (χ2v) is 5.36. The number of carbonyl (C=O) groups excluding carboxylic acids is 1. The van der Waals surface area contributed by atoms with E-state index >= 15 is 0 Å². The number of amides is 1. The van der Waals surface area contributed by atoms with E-state index in [-0.39, 0.29) is 5.91 Å². The molecule has 0 atom stereocenters. The van der Waals surface area contributed by atoms with Crippen molar-refractivity contribution < 1.29 is 4.79 Å². The van der Waals surface area contributed by atoms with Crippen LogP contribution in [0.1, 0.15) is 29.3 Å². The number of nitrogens with two attached hydrogens (primary N) is 1. The maximum absolute atomic E-state index is 12.3. The molecule has 3 nitrogen and oxygen atoms in total. The topological polar surface area (TPSA) is 55.1 Å². The van der Waals surface area contributed by atoms with Crippen LogP contribution in [-0.4, -0.2) is 5.91 Å². The largest absolute Gasteiger partial charge is 0.398 e. The van der Waals surface area contributed by atoms with E-state index in [9.17, 15) is 4.79 Å². The molecule has 0 saturated heterocycles. The molecule has 4 heteroatoms. The van der Waals surface area contributed by atoms with Crippen LogP contribution < -0.4 is 11.1 Å². The molecule has 0 fully saturated rings. The summed E-state index contributed by atoms with van der Waals surface area (Å²) < 4.78 is 0.630. The minimum absolute atomic E-state index is 0.160. The monoisotopic (exact) mass is 332 g/mol. The molecule has 1 amide bonds. The summed E-state index contributed by atoms with van der Waals surface area (Å²) in [6.45, 7) is 2.12. The quantitative estimate of drug-likeness (QED) is 0.823. The van der Waals surface area contributed by atoms with Gasteiger partial charge in [0.15, 0.2) is 0 Å². The molecule has 0 spiro atoms. The van der Waals surface area contributed by atoms with Crippen molar-refractivity contribution in [2.75, 3.05) is 11.1 Å². The maximum atomic E-state index is 12.3. The number of hydrogen-bond acceptors (Lipinski definition) is 2. The van der Waals surface area contributed by atoms with E-state index in [1.165, 1.54) is 0 Å². The fourth-order valence-corrected chi connectivity index (χ4v) is 2.49. The zero-order chi connectivity index (χ0) is 14.5. The van der Waals surface area contributed by atoms with E-state index in [1.54, 1.807) is 18.2 Å². The summed E-state index contributed by atoms with van der Waals surface area (Å²) >= 11 is 3.36. The fourth-order valence-electron chi connectivity index (χ4n) is 2.04. The highest BCUT2D eigenvalue weighted by Crippen LogP contribution is 2.25. The first kappa shape index (κ1) is 14.6. The highest BCUT2D eigenvalue weighted by atomic mass is 79.9. The van der Waals surface area contributed by atoms with Gasteiger partial charge in [-0.1, -0.05) is 37.6 Å². The van der Waals surface area contributed by atoms with E-state index in [4.69, 9.17) is 5.73 Å². The number of carbonyl (C=O) groups is 1. The van der Waals surface area contributed by atoms with Crippen molar-refractivity contribution in [1.29, 1.82) is 0 Å². The third-order valence-electron chi connectivity index (χ3n) is 3.06. The third-order valence-corrected chi connectivity index (χ3v) is 3.94. The highest BCUT2D eigenvalue weighted by Gasteiger charge is 2.13. The first-order chi connectivity index (χ1) is 9.63. The minimum atomic E-state index is -0.160. The predicted molar refractivity (Wildman–Crippen MR) is 86.9 cm³/mol. The van der Waals surface area contributed by atoms with Gasteiger partial charge in [-0.05, 0) is 46.1 Å². The molecule has 2 aromatic rings. The summed E-state index contributed by atoms with van der Waals surface area (Å²) in [7, 11) is 0. The summed E-state index contributed by atoms with van der Waals surface area (Å²) in [5.41, 5.74) is 8.89. The van der Waals surface area contributed by atoms with Gasteiger partial charge in [0.1, 0.15) is 0 Å².